The van der Waals surface area contributed by atoms with Gasteiger partial charge in [-0.05, 0) is 31.2 Å². The quantitative estimate of drug-likeness (QED) is 0.488. The van der Waals surface area contributed by atoms with Crippen molar-refractivity contribution in [2.24, 2.45) is 0 Å². The number of aliphatic hydroxyl groups is 1. The van der Waals surface area contributed by atoms with Crippen LogP contribution in [0.2, 0.25) is 0 Å². The zero-order valence-electron chi connectivity index (χ0n) is 15.2. The molecule has 9 nitrogen and oxygen atoms in total. The Hall–Kier alpha value is -3.59. The van der Waals surface area contributed by atoms with E-state index in [2.05, 4.69) is 32.3 Å². The fraction of sp³-hybridized carbons (Fsp3) is 0.211. The molecule has 5 aromatic rings. The first-order valence-electron chi connectivity index (χ1n) is 9.02. The molecule has 0 saturated heterocycles. The first kappa shape index (κ1) is 16.6. The summed E-state index contributed by atoms with van der Waals surface area (Å²) in [4.78, 5) is 12.3. The number of nitrogens with zero attached hydrogens (tertiary/aromatic N) is 7. The third kappa shape index (κ3) is 2.64. The lowest BCUT2D eigenvalue weighted by Crippen LogP contribution is -2.09. The van der Waals surface area contributed by atoms with Gasteiger partial charge in [0.1, 0.15) is 11.2 Å². The predicted octanol–water partition coefficient (Wildman–Crippen LogP) is 2.17. The molecule has 0 radical (unpaired) electrons. The standard InChI is InChI=1S/C19H18N8O/c1-12(15-10-21-18-14(15)3-2-6-20-18)27-19-17(24-25-27)5-4-16(23-19)13-9-22-26(11-13)7-8-28/h2-6,9-12,28H,7-8H2,1H3,(H,20,21). The Morgan fingerprint density at radius 2 is 2.18 bits per heavy atom. The molecule has 5 heterocycles. The monoisotopic (exact) mass is 374 g/mol. The van der Waals surface area contributed by atoms with Gasteiger partial charge in [-0.2, -0.15) is 5.10 Å². The Labute approximate surface area is 159 Å². The number of aromatic amines is 1. The van der Waals surface area contributed by atoms with Crippen molar-refractivity contribution < 1.29 is 5.11 Å². The molecule has 1 atom stereocenters. The van der Waals surface area contributed by atoms with Crippen LogP contribution in [-0.2, 0) is 6.54 Å². The number of fused-ring (bicyclic) bond motifs is 2. The van der Waals surface area contributed by atoms with E-state index in [-0.39, 0.29) is 12.6 Å². The van der Waals surface area contributed by atoms with E-state index in [0.717, 1.165) is 33.4 Å². The zero-order valence-corrected chi connectivity index (χ0v) is 15.2. The van der Waals surface area contributed by atoms with Crippen LogP contribution in [0.4, 0.5) is 0 Å². The molecule has 2 N–H and O–H groups in total. The first-order valence-corrected chi connectivity index (χ1v) is 9.02. The number of pyridine rings is 2. The zero-order chi connectivity index (χ0) is 19.1. The van der Waals surface area contributed by atoms with E-state index in [4.69, 9.17) is 10.1 Å². The van der Waals surface area contributed by atoms with Crippen LogP contribution in [0.5, 0.6) is 0 Å². The molecule has 0 aromatic carbocycles. The highest BCUT2D eigenvalue weighted by Gasteiger charge is 2.18. The molecule has 0 saturated carbocycles. The van der Waals surface area contributed by atoms with Crippen LogP contribution < -0.4 is 0 Å². The van der Waals surface area contributed by atoms with Crippen molar-refractivity contribution in [2.75, 3.05) is 6.61 Å². The molecule has 140 valence electrons. The topological polar surface area (TPSA) is 110 Å². The van der Waals surface area contributed by atoms with Gasteiger partial charge in [0, 0.05) is 35.1 Å². The van der Waals surface area contributed by atoms with Crippen molar-refractivity contribution >= 4 is 22.2 Å². The summed E-state index contributed by atoms with van der Waals surface area (Å²) in [7, 11) is 0. The highest BCUT2D eigenvalue weighted by molar-refractivity contribution is 5.80. The fourth-order valence-electron chi connectivity index (χ4n) is 3.42. The molecule has 0 spiro atoms. The van der Waals surface area contributed by atoms with Crippen molar-refractivity contribution in [1.29, 1.82) is 0 Å². The molecular formula is C19H18N8O. The molecule has 0 amide bonds. The number of hydrogen-bond acceptors (Lipinski definition) is 6. The van der Waals surface area contributed by atoms with E-state index in [1.54, 1.807) is 17.1 Å². The molecule has 1 unspecified atom stereocenters. The average Bonchev–Trinajstić information content (AvgIpc) is 3.45. The Kier molecular flexibility index (Phi) is 3.87. The van der Waals surface area contributed by atoms with Gasteiger partial charge in [0.05, 0.1) is 31.1 Å². The number of hydrogen-bond donors (Lipinski definition) is 2. The fourth-order valence-corrected chi connectivity index (χ4v) is 3.42. The minimum atomic E-state index is -0.0668. The Balaban J connectivity index is 1.58. The summed E-state index contributed by atoms with van der Waals surface area (Å²) in [6, 6.07) is 7.71. The third-order valence-electron chi connectivity index (χ3n) is 4.88. The van der Waals surface area contributed by atoms with Gasteiger partial charge in [0.15, 0.2) is 5.65 Å². The summed E-state index contributed by atoms with van der Waals surface area (Å²) >= 11 is 0. The summed E-state index contributed by atoms with van der Waals surface area (Å²) in [5, 5.41) is 23.0. The van der Waals surface area contributed by atoms with E-state index in [0.29, 0.717) is 12.2 Å². The van der Waals surface area contributed by atoms with Gasteiger partial charge >= 0.3 is 0 Å². The first-order chi connectivity index (χ1) is 13.7. The molecule has 0 aliphatic rings. The minimum absolute atomic E-state index is 0.0429. The summed E-state index contributed by atoms with van der Waals surface area (Å²) in [6.07, 6.45) is 7.33. The van der Waals surface area contributed by atoms with Crippen molar-refractivity contribution in [3.8, 4) is 11.3 Å². The average molecular weight is 374 g/mol. The SMILES string of the molecule is CC(c1c[nH]c2ncccc12)n1nnc2ccc(-c3cnn(CCO)c3)nc21. The van der Waals surface area contributed by atoms with Crippen LogP contribution >= 0.6 is 0 Å². The van der Waals surface area contributed by atoms with E-state index in [9.17, 15) is 0 Å². The molecule has 5 rings (SSSR count). The number of aliphatic hydroxyl groups excluding tert-OH is 1. The molecule has 5 aromatic heterocycles. The van der Waals surface area contributed by atoms with Gasteiger partial charge in [-0.25, -0.2) is 14.6 Å². The number of rotatable bonds is 5. The Morgan fingerprint density at radius 1 is 1.25 bits per heavy atom. The lowest BCUT2D eigenvalue weighted by Gasteiger charge is -2.11. The lowest BCUT2D eigenvalue weighted by atomic mass is 10.1. The van der Waals surface area contributed by atoms with Gasteiger partial charge in [-0.3, -0.25) is 4.68 Å². The number of aromatic nitrogens is 8. The third-order valence-corrected chi connectivity index (χ3v) is 4.88. The Morgan fingerprint density at radius 3 is 3.07 bits per heavy atom. The minimum Gasteiger partial charge on any atom is -0.394 e. The summed E-state index contributed by atoms with van der Waals surface area (Å²) in [5.74, 6) is 0. The van der Waals surface area contributed by atoms with Crippen LogP contribution in [-0.4, -0.2) is 51.4 Å². The summed E-state index contributed by atoms with van der Waals surface area (Å²) in [5.41, 5.74) is 5.03. The van der Waals surface area contributed by atoms with Crippen LogP contribution in [0.3, 0.4) is 0 Å². The van der Waals surface area contributed by atoms with Crippen LogP contribution in [0, 0.1) is 0 Å². The summed E-state index contributed by atoms with van der Waals surface area (Å²) in [6.45, 7) is 2.56. The van der Waals surface area contributed by atoms with Gasteiger partial charge in [-0.1, -0.05) is 5.21 Å². The maximum Gasteiger partial charge on any atom is 0.179 e. The molecule has 28 heavy (non-hydrogen) atoms. The van der Waals surface area contributed by atoms with Crippen molar-refractivity contribution in [2.45, 2.75) is 19.5 Å². The normalized spacial score (nSPS) is 12.8. The van der Waals surface area contributed by atoms with Crippen LogP contribution in [0.15, 0.2) is 49.1 Å². The maximum atomic E-state index is 9.07. The van der Waals surface area contributed by atoms with Gasteiger partial charge in [0.25, 0.3) is 0 Å². The van der Waals surface area contributed by atoms with E-state index in [1.807, 2.05) is 41.3 Å². The molecule has 0 aliphatic carbocycles. The molecule has 0 bridgehead atoms. The Bertz CT molecular complexity index is 1270. The van der Waals surface area contributed by atoms with E-state index < -0.39 is 0 Å². The van der Waals surface area contributed by atoms with E-state index in [1.165, 1.54) is 0 Å². The molecule has 0 aliphatic heterocycles. The van der Waals surface area contributed by atoms with Crippen molar-refractivity contribution in [3.63, 3.8) is 0 Å². The second-order valence-corrected chi connectivity index (χ2v) is 6.61. The van der Waals surface area contributed by atoms with Crippen molar-refractivity contribution in [3.05, 3.63) is 54.6 Å². The molecule has 0 fully saturated rings. The highest BCUT2D eigenvalue weighted by atomic mass is 16.3. The lowest BCUT2D eigenvalue weighted by molar-refractivity contribution is 0.269. The number of nitrogens with one attached hydrogen (secondary N) is 1. The molecule has 9 heteroatoms. The van der Waals surface area contributed by atoms with E-state index >= 15 is 0 Å². The second kappa shape index (κ2) is 6.54. The van der Waals surface area contributed by atoms with Crippen LogP contribution in [0.25, 0.3) is 33.5 Å². The predicted molar refractivity (Wildman–Crippen MR) is 104 cm³/mol. The molecular weight excluding hydrogens is 356 g/mol. The smallest absolute Gasteiger partial charge is 0.179 e. The number of H-pyrrole nitrogens is 1. The summed E-state index contributed by atoms with van der Waals surface area (Å²) < 4.78 is 3.52. The van der Waals surface area contributed by atoms with Gasteiger partial charge < -0.3 is 10.1 Å². The highest BCUT2D eigenvalue weighted by Crippen LogP contribution is 2.28. The van der Waals surface area contributed by atoms with Crippen molar-refractivity contribution in [1.82, 2.24) is 39.7 Å². The van der Waals surface area contributed by atoms with Gasteiger partial charge in [-0.15, -0.1) is 5.10 Å². The van der Waals surface area contributed by atoms with Gasteiger partial charge in [0.2, 0.25) is 0 Å². The maximum absolute atomic E-state index is 9.07. The second-order valence-electron chi connectivity index (χ2n) is 6.61. The van der Waals surface area contributed by atoms with Crippen LogP contribution in [0.1, 0.15) is 18.5 Å². The largest absolute Gasteiger partial charge is 0.394 e.